The fourth-order valence-corrected chi connectivity index (χ4v) is 5.66. The number of ketones is 1. The maximum Gasteiger partial charge on any atom is 0.255 e. The number of nitrogens with zero attached hydrogens (tertiary/aromatic N) is 2. The van der Waals surface area contributed by atoms with Gasteiger partial charge >= 0.3 is 0 Å². The summed E-state index contributed by atoms with van der Waals surface area (Å²) in [6.07, 6.45) is 2.22. The molecule has 0 radical (unpaired) electrons. The van der Waals surface area contributed by atoms with Gasteiger partial charge in [0, 0.05) is 28.9 Å². The van der Waals surface area contributed by atoms with Gasteiger partial charge in [0.05, 0.1) is 25.4 Å². The Hall–Kier alpha value is -4.53. The lowest BCUT2D eigenvalue weighted by Gasteiger charge is -2.20. The van der Waals surface area contributed by atoms with Crippen molar-refractivity contribution in [2.24, 2.45) is 5.73 Å². The van der Waals surface area contributed by atoms with Crippen molar-refractivity contribution in [3.05, 3.63) is 106 Å². The van der Waals surface area contributed by atoms with Crippen LogP contribution in [-0.2, 0) is 11.3 Å². The zero-order chi connectivity index (χ0) is 31.2. The SMILES string of the molecule is COc1ccc(CNc2nc(-c3cc(NC(=O)c4cc(C)cc(C)c4)ccc3C)ccc2C(N)C(=O)CN2CCCC2)cc1. The Bertz CT molecular complexity index is 1620. The summed E-state index contributed by atoms with van der Waals surface area (Å²) < 4.78 is 5.29. The quantitative estimate of drug-likeness (QED) is 0.190. The van der Waals surface area contributed by atoms with Crippen LogP contribution in [0.2, 0.25) is 0 Å². The summed E-state index contributed by atoms with van der Waals surface area (Å²) >= 11 is 0. The molecule has 5 rings (SSSR count). The number of carbonyl (C=O) groups excluding carboxylic acids is 2. The topological polar surface area (TPSA) is 110 Å². The number of aromatic nitrogens is 1. The molecule has 0 bridgehead atoms. The van der Waals surface area contributed by atoms with Gasteiger partial charge in [0.2, 0.25) is 0 Å². The Kier molecular flexibility index (Phi) is 9.72. The van der Waals surface area contributed by atoms with Crippen LogP contribution in [-0.4, -0.2) is 48.3 Å². The van der Waals surface area contributed by atoms with Crippen molar-refractivity contribution < 1.29 is 14.3 Å². The van der Waals surface area contributed by atoms with Gasteiger partial charge < -0.3 is 21.1 Å². The molecule has 0 spiro atoms. The molecule has 1 unspecified atom stereocenters. The minimum atomic E-state index is -0.806. The van der Waals surface area contributed by atoms with Gasteiger partial charge in [0.1, 0.15) is 11.6 Å². The van der Waals surface area contributed by atoms with Gasteiger partial charge in [-0.25, -0.2) is 4.98 Å². The van der Waals surface area contributed by atoms with Crippen molar-refractivity contribution in [1.29, 1.82) is 0 Å². The zero-order valence-corrected chi connectivity index (χ0v) is 25.9. The average molecular weight is 592 g/mol. The average Bonchev–Trinajstić information content (AvgIpc) is 3.53. The summed E-state index contributed by atoms with van der Waals surface area (Å²) in [5, 5.41) is 6.48. The van der Waals surface area contributed by atoms with Crippen molar-refractivity contribution in [3.63, 3.8) is 0 Å². The first-order valence-electron chi connectivity index (χ1n) is 15.1. The fraction of sp³-hybridized carbons (Fsp3) is 0.306. The number of pyridine rings is 1. The van der Waals surface area contributed by atoms with E-state index >= 15 is 0 Å². The molecular formula is C36H41N5O3. The number of ether oxygens (including phenoxy) is 1. The number of amides is 1. The minimum absolute atomic E-state index is 0.0266. The Labute approximate surface area is 259 Å². The monoisotopic (exact) mass is 591 g/mol. The molecule has 44 heavy (non-hydrogen) atoms. The number of hydrogen-bond acceptors (Lipinski definition) is 7. The molecule has 2 heterocycles. The molecule has 228 valence electrons. The number of Topliss-reactive ketones (excluding diaryl/α,β-unsaturated/α-hetero) is 1. The Morgan fingerprint density at radius 3 is 2.32 bits per heavy atom. The molecule has 1 aliphatic heterocycles. The van der Waals surface area contributed by atoms with E-state index in [4.69, 9.17) is 15.5 Å². The summed E-state index contributed by atoms with van der Waals surface area (Å²) in [6, 6.07) is 22.4. The molecule has 0 saturated carbocycles. The third kappa shape index (κ3) is 7.51. The lowest BCUT2D eigenvalue weighted by molar-refractivity contribution is -0.121. The highest BCUT2D eigenvalue weighted by molar-refractivity contribution is 6.04. The Morgan fingerprint density at radius 2 is 1.64 bits per heavy atom. The van der Waals surface area contributed by atoms with Gasteiger partial charge in [-0.3, -0.25) is 14.5 Å². The van der Waals surface area contributed by atoms with Crippen LogP contribution in [0, 0.1) is 20.8 Å². The number of anilines is 2. The van der Waals surface area contributed by atoms with E-state index in [9.17, 15) is 9.59 Å². The van der Waals surface area contributed by atoms with Gasteiger partial charge in [-0.05, 0) is 100 Å². The van der Waals surface area contributed by atoms with E-state index in [1.165, 1.54) is 0 Å². The van der Waals surface area contributed by atoms with E-state index < -0.39 is 6.04 Å². The van der Waals surface area contributed by atoms with E-state index in [0.717, 1.165) is 59.5 Å². The van der Waals surface area contributed by atoms with Crippen molar-refractivity contribution in [1.82, 2.24) is 9.88 Å². The van der Waals surface area contributed by atoms with Crippen LogP contribution in [0.4, 0.5) is 11.5 Å². The Morgan fingerprint density at radius 1 is 0.932 bits per heavy atom. The van der Waals surface area contributed by atoms with Crippen molar-refractivity contribution >= 4 is 23.2 Å². The second kappa shape index (κ2) is 13.8. The van der Waals surface area contributed by atoms with E-state index in [1.807, 2.05) is 93.6 Å². The molecule has 0 aliphatic carbocycles. The predicted octanol–water partition coefficient (Wildman–Crippen LogP) is 6.21. The number of carbonyl (C=O) groups is 2. The van der Waals surface area contributed by atoms with Crippen LogP contribution >= 0.6 is 0 Å². The molecule has 1 aliphatic rings. The van der Waals surface area contributed by atoms with Crippen LogP contribution < -0.4 is 21.1 Å². The summed E-state index contributed by atoms with van der Waals surface area (Å²) in [6.45, 7) is 8.65. The number of hydrogen-bond donors (Lipinski definition) is 3. The summed E-state index contributed by atoms with van der Waals surface area (Å²) in [5.74, 6) is 1.15. The van der Waals surface area contributed by atoms with Gasteiger partial charge in [0.15, 0.2) is 5.78 Å². The molecule has 8 heteroatoms. The number of nitrogens with two attached hydrogens (primary N) is 1. The maximum absolute atomic E-state index is 13.2. The van der Waals surface area contributed by atoms with Crippen molar-refractivity contribution in [2.75, 3.05) is 37.4 Å². The lowest BCUT2D eigenvalue weighted by atomic mass is 9.99. The first-order chi connectivity index (χ1) is 21.2. The summed E-state index contributed by atoms with van der Waals surface area (Å²) in [7, 11) is 1.64. The summed E-state index contributed by atoms with van der Waals surface area (Å²) in [5.41, 5.74) is 14.2. The molecule has 1 amide bonds. The van der Waals surface area contributed by atoms with Gasteiger partial charge in [-0.15, -0.1) is 0 Å². The Balaban J connectivity index is 1.43. The fourth-order valence-electron chi connectivity index (χ4n) is 5.66. The number of benzene rings is 3. The number of nitrogens with one attached hydrogen (secondary N) is 2. The maximum atomic E-state index is 13.2. The van der Waals surface area contributed by atoms with Crippen LogP contribution in [0.3, 0.4) is 0 Å². The lowest BCUT2D eigenvalue weighted by Crippen LogP contribution is -2.34. The molecule has 8 nitrogen and oxygen atoms in total. The normalized spacial score (nSPS) is 13.8. The van der Waals surface area contributed by atoms with Gasteiger partial charge in [-0.1, -0.05) is 41.5 Å². The van der Waals surface area contributed by atoms with Gasteiger partial charge in [-0.2, -0.15) is 0 Å². The smallest absolute Gasteiger partial charge is 0.255 e. The van der Waals surface area contributed by atoms with Crippen LogP contribution in [0.5, 0.6) is 5.75 Å². The number of likely N-dealkylation sites (tertiary alicyclic amines) is 1. The van der Waals surface area contributed by atoms with Crippen LogP contribution in [0.25, 0.3) is 11.3 Å². The molecule has 1 saturated heterocycles. The number of methoxy groups -OCH3 is 1. The molecule has 1 aromatic heterocycles. The van der Waals surface area contributed by atoms with E-state index in [0.29, 0.717) is 41.4 Å². The molecule has 3 aromatic carbocycles. The van der Waals surface area contributed by atoms with Crippen molar-refractivity contribution in [2.45, 2.75) is 46.2 Å². The van der Waals surface area contributed by atoms with Crippen LogP contribution in [0.15, 0.2) is 72.8 Å². The zero-order valence-electron chi connectivity index (χ0n) is 25.9. The predicted molar refractivity (Wildman–Crippen MR) is 176 cm³/mol. The number of aryl methyl sites for hydroxylation is 3. The van der Waals surface area contributed by atoms with E-state index in [1.54, 1.807) is 7.11 Å². The molecule has 4 N–H and O–H groups in total. The van der Waals surface area contributed by atoms with Crippen molar-refractivity contribution in [3.8, 4) is 17.0 Å². The second-order valence-electron chi connectivity index (χ2n) is 11.6. The second-order valence-corrected chi connectivity index (χ2v) is 11.6. The molecule has 1 atom stereocenters. The van der Waals surface area contributed by atoms with E-state index in [2.05, 4.69) is 15.5 Å². The standard InChI is InChI=1S/C36H41N5O3/c1-23-17-24(2)19-27(18-23)36(43)39-28-10-7-25(3)31(20-28)32-14-13-30(34(37)33(42)22-41-15-5-6-16-41)35(40-32)38-21-26-8-11-29(44-4)12-9-26/h7-14,17-20,34H,5-6,15-16,21-22,37H2,1-4H3,(H,38,40)(H,39,43). The minimum Gasteiger partial charge on any atom is -0.497 e. The highest BCUT2D eigenvalue weighted by Crippen LogP contribution is 2.30. The van der Waals surface area contributed by atoms with E-state index in [-0.39, 0.29) is 11.7 Å². The number of rotatable bonds is 11. The largest absolute Gasteiger partial charge is 0.497 e. The third-order valence-corrected chi connectivity index (χ3v) is 8.06. The molecule has 1 fully saturated rings. The molecular weight excluding hydrogens is 550 g/mol. The highest BCUT2D eigenvalue weighted by atomic mass is 16.5. The highest BCUT2D eigenvalue weighted by Gasteiger charge is 2.24. The first-order valence-corrected chi connectivity index (χ1v) is 15.1. The summed E-state index contributed by atoms with van der Waals surface area (Å²) in [4.78, 5) is 33.5. The third-order valence-electron chi connectivity index (χ3n) is 8.06. The van der Waals surface area contributed by atoms with Gasteiger partial charge in [0.25, 0.3) is 5.91 Å². The van der Waals surface area contributed by atoms with Crippen LogP contribution in [0.1, 0.15) is 57.1 Å². The molecule has 4 aromatic rings. The first kappa shape index (κ1) is 30.9.